The van der Waals surface area contributed by atoms with Crippen molar-refractivity contribution in [2.24, 2.45) is 0 Å². The summed E-state index contributed by atoms with van der Waals surface area (Å²) in [6.07, 6.45) is -2.23. The summed E-state index contributed by atoms with van der Waals surface area (Å²) in [4.78, 5) is 33.6. The maximum Gasteiger partial charge on any atom is 0.416 e. The van der Waals surface area contributed by atoms with E-state index in [9.17, 15) is 22.8 Å². The van der Waals surface area contributed by atoms with Crippen LogP contribution < -0.4 is 11.0 Å². The van der Waals surface area contributed by atoms with Crippen molar-refractivity contribution in [2.45, 2.75) is 38.5 Å². The van der Waals surface area contributed by atoms with Gasteiger partial charge in [-0.25, -0.2) is 11.0 Å². The number of amides is 2. The van der Waals surface area contributed by atoms with Crippen molar-refractivity contribution in [1.82, 2.24) is 11.0 Å². The molecule has 0 heterocycles. The Morgan fingerprint density at radius 2 is 1.53 bits per heavy atom. The fourth-order valence-electron chi connectivity index (χ4n) is 2.45. The summed E-state index contributed by atoms with van der Waals surface area (Å²) in [5, 5.41) is 0. The van der Waals surface area contributed by atoms with Crippen molar-refractivity contribution in [3.63, 3.8) is 0 Å². The van der Waals surface area contributed by atoms with Gasteiger partial charge in [0.15, 0.2) is 0 Å². The van der Waals surface area contributed by atoms with E-state index in [0.717, 1.165) is 29.8 Å². The number of hydrogen-bond donors (Lipinski definition) is 2. The Morgan fingerprint density at radius 3 is 2.20 bits per heavy atom. The van der Waals surface area contributed by atoms with Gasteiger partial charge in [0, 0.05) is 12.0 Å². The fourth-order valence-corrected chi connectivity index (χ4v) is 2.45. The Bertz CT molecular complexity index is 796. The number of benzene rings is 2. The van der Waals surface area contributed by atoms with Crippen LogP contribution in [0.25, 0.3) is 0 Å². The topological polar surface area (TPSA) is 76.7 Å². The second-order valence-electron chi connectivity index (χ2n) is 6.46. The van der Waals surface area contributed by atoms with Crippen LogP contribution in [0, 0.1) is 0 Å². The number of hydroxylamine groups is 2. The van der Waals surface area contributed by atoms with Gasteiger partial charge in [-0.3, -0.25) is 19.3 Å². The fraction of sp³-hybridized carbons (Fsp3) is 0.333. The molecule has 30 heavy (non-hydrogen) atoms. The van der Waals surface area contributed by atoms with E-state index in [4.69, 9.17) is 9.68 Å². The quantitative estimate of drug-likeness (QED) is 0.419. The number of alkyl halides is 3. The summed E-state index contributed by atoms with van der Waals surface area (Å²) in [6.45, 7) is 0.511. The predicted molar refractivity (Wildman–Crippen MR) is 103 cm³/mol. The van der Waals surface area contributed by atoms with Crippen LogP contribution in [0.5, 0.6) is 0 Å². The summed E-state index contributed by atoms with van der Waals surface area (Å²) in [7, 11) is 0. The third kappa shape index (κ3) is 8.62. The van der Waals surface area contributed by atoms with Gasteiger partial charge in [-0.15, -0.1) is 0 Å². The molecular formula is C21H23F3N2O4. The lowest BCUT2D eigenvalue weighted by Crippen LogP contribution is -2.24. The van der Waals surface area contributed by atoms with Gasteiger partial charge in [0.1, 0.15) is 0 Å². The zero-order chi connectivity index (χ0) is 21.8. The maximum absolute atomic E-state index is 12.5. The summed E-state index contributed by atoms with van der Waals surface area (Å²) in [5.41, 5.74) is 4.76. The van der Waals surface area contributed by atoms with Crippen molar-refractivity contribution in [3.05, 3.63) is 71.3 Å². The maximum atomic E-state index is 12.5. The van der Waals surface area contributed by atoms with Crippen molar-refractivity contribution in [2.75, 3.05) is 6.61 Å². The van der Waals surface area contributed by atoms with Crippen LogP contribution in [-0.2, 0) is 27.3 Å². The molecule has 2 amide bonds. The minimum absolute atomic E-state index is 0.0650. The monoisotopic (exact) mass is 424 g/mol. The summed E-state index contributed by atoms with van der Waals surface area (Å²) >= 11 is 0. The minimum Gasteiger partial charge on any atom is -0.273 e. The number of unbranched alkanes of at least 4 members (excludes halogenated alkanes) is 2. The molecule has 0 aliphatic carbocycles. The molecule has 2 N–H and O–H groups in total. The van der Waals surface area contributed by atoms with E-state index in [-0.39, 0.29) is 18.1 Å². The third-order valence-corrected chi connectivity index (χ3v) is 4.06. The molecule has 162 valence electrons. The standard InChI is InChI=1S/C21H23F3N2O4/c22-21(23,24)18-12-10-17(11-13-18)20(28)26-29-14-6-2-5-9-19(27)25-30-15-16-7-3-1-4-8-16/h1,3-4,7-8,10-13H,2,5-6,9,14-15H2,(H,25,27)(H,26,28). The number of carbonyl (C=O) groups excluding carboxylic acids is 2. The number of nitrogens with one attached hydrogen (secondary N) is 2. The first-order valence-electron chi connectivity index (χ1n) is 9.40. The molecule has 0 saturated heterocycles. The molecule has 6 nitrogen and oxygen atoms in total. The molecule has 0 unspecified atom stereocenters. The van der Waals surface area contributed by atoms with Gasteiger partial charge in [0.2, 0.25) is 5.91 Å². The zero-order valence-electron chi connectivity index (χ0n) is 16.2. The molecule has 0 bridgehead atoms. The zero-order valence-corrected chi connectivity index (χ0v) is 16.2. The van der Waals surface area contributed by atoms with Gasteiger partial charge in [-0.05, 0) is 42.7 Å². The number of rotatable bonds is 11. The van der Waals surface area contributed by atoms with E-state index in [1.165, 1.54) is 0 Å². The Kier molecular flexibility index (Phi) is 9.30. The van der Waals surface area contributed by atoms with Gasteiger partial charge >= 0.3 is 6.18 Å². The highest BCUT2D eigenvalue weighted by molar-refractivity contribution is 5.93. The summed E-state index contributed by atoms with van der Waals surface area (Å²) in [5.74, 6) is -0.846. The average Bonchev–Trinajstić information content (AvgIpc) is 2.73. The number of halogens is 3. The average molecular weight is 424 g/mol. The van der Waals surface area contributed by atoms with Gasteiger partial charge in [0.05, 0.1) is 18.8 Å². The SMILES string of the molecule is O=C(CCCCCONC(=O)c1ccc(C(F)(F)F)cc1)NOCc1ccccc1. The minimum atomic E-state index is -4.45. The summed E-state index contributed by atoms with van der Waals surface area (Å²) < 4.78 is 37.5. The van der Waals surface area contributed by atoms with Crippen molar-refractivity contribution < 1.29 is 32.4 Å². The molecule has 0 radical (unpaired) electrons. The number of hydrogen-bond acceptors (Lipinski definition) is 4. The van der Waals surface area contributed by atoms with Crippen molar-refractivity contribution in [1.29, 1.82) is 0 Å². The Morgan fingerprint density at radius 1 is 0.833 bits per heavy atom. The second kappa shape index (κ2) is 11.9. The first kappa shape index (κ1) is 23.4. The van der Waals surface area contributed by atoms with Crippen LogP contribution in [0.2, 0.25) is 0 Å². The van der Waals surface area contributed by atoms with Crippen molar-refractivity contribution >= 4 is 11.8 Å². The molecule has 2 rings (SSSR count). The molecule has 0 atom stereocenters. The van der Waals surface area contributed by atoms with Crippen LogP contribution >= 0.6 is 0 Å². The first-order valence-corrected chi connectivity index (χ1v) is 9.40. The number of carbonyl (C=O) groups is 2. The van der Waals surface area contributed by atoms with Crippen molar-refractivity contribution in [3.8, 4) is 0 Å². The van der Waals surface area contributed by atoms with Crippen LogP contribution in [0.15, 0.2) is 54.6 Å². The molecule has 0 aliphatic rings. The van der Waals surface area contributed by atoms with E-state index in [1.807, 2.05) is 30.3 Å². The molecule has 2 aromatic rings. The lowest BCUT2D eigenvalue weighted by molar-refractivity contribution is -0.137. The van der Waals surface area contributed by atoms with Crippen LogP contribution in [0.1, 0.15) is 47.2 Å². The third-order valence-electron chi connectivity index (χ3n) is 4.06. The Hall–Kier alpha value is -2.91. The first-order chi connectivity index (χ1) is 14.4. The largest absolute Gasteiger partial charge is 0.416 e. The molecular weight excluding hydrogens is 401 g/mol. The lowest BCUT2D eigenvalue weighted by Gasteiger charge is -2.08. The van der Waals surface area contributed by atoms with Gasteiger partial charge in [-0.2, -0.15) is 13.2 Å². The van der Waals surface area contributed by atoms with Crippen LogP contribution in [-0.4, -0.2) is 18.4 Å². The Labute approximate surface area is 172 Å². The molecule has 0 aromatic heterocycles. The molecule has 0 saturated carbocycles. The molecule has 0 fully saturated rings. The van der Waals surface area contributed by atoms with E-state index in [2.05, 4.69) is 11.0 Å². The lowest BCUT2D eigenvalue weighted by atomic mass is 10.1. The van der Waals surface area contributed by atoms with E-state index in [0.29, 0.717) is 32.3 Å². The highest BCUT2D eigenvalue weighted by Crippen LogP contribution is 2.29. The highest BCUT2D eigenvalue weighted by atomic mass is 19.4. The van der Waals surface area contributed by atoms with Crippen LogP contribution in [0.3, 0.4) is 0 Å². The molecule has 2 aromatic carbocycles. The van der Waals surface area contributed by atoms with Gasteiger partial charge in [0.25, 0.3) is 5.91 Å². The van der Waals surface area contributed by atoms with Crippen LogP contribution in [0.4, 0.5) is 13.2 Å². The predicted octanol–water partition coefficient (Wildman–Crippen LogP) is 4.18. The normalized spacial score (nSPS) is 11.2. The van der Waals surface area contributed by atoms with E-state index >= 15 is 0 Å². The summed E-state index contributed by atoms with van der Waals surface area (Å²) in [6, 6.07) is 13.3. The van der Waals surface area contributed by atoms with Gasteiger partial charge < -0.3 is 0 Å². The molecule has 0 aliphatic heterocycles. The Balaban J connectivity index is 1.50. The second-order valence-corrected chi connectivity index (χ2v) is 6.46. The molecule has 0 spiro atoms. The molecule has 9 heteroatoms. The van der Waals surface area contributed by atoms with Gasteiger partial charge in [-0.1, -0.05) is 36.8 Å². The van der Waals surface area contributed by atoms with E-state index in [1.54, 1.807) is 0 Å². The smallest absolute Gasteiger partial charge is 0.273 e. The highest BCUT2D eigenvalue weighted by Gasteiger charge is 2.30. The van der Waals surface area contributed by atoms with E-state index < -0.39 is 17.6 Å².